The highest BCUT2D eigenvalue weighted by Gasteiger charge is 2.15. The predicted molar refractivity (Wildman–Crippen MR) is 72.7 cm³/mol. The smallest absolute Gasteiger partial charge is 0.345 e. The molecule has 0 aliphatic rings. The van der Waals surface area contributed by atoms with Gasteiger partial charge in [-0.05, 0) is 19.1 Å². The van der Waals surface area contributed by atoms with Crippen molar-refractivity contribution in [3.05, 3.63) is 52.6 Å². The normalized spacial score (nSPS) is 10.8. The average molecular weight is 269 g/mol. The monoisotopic (exact) mass is 269 g/mol. The summed E-state index contributed by atoms with van der Waals surface area (Å²) >= 11 is 0. The molecular weight excluding hydrogens is 258 g/mol. The first-order chi connectivity index (χ1) is 9.72. The zero-order chi connectivity index (χ0) is 14.1. The molecule has 3 rings (SSSR count). The summed E-state index contributed by atoms with van der Waals surface area (Å²) in [6.45, 7) is 1.89. The Morgan fingerprint density at radius 1 is 1.25 bits per heavy atom. The van der Waals surface area contributed by atoms with Gasteiger partial charge in [0.25, 0.3) is 5.56 Å². The second-order valence-corrected chi connectivity index (χ2v) is 4.14. The van der Waals surface area contributed by atoms with E-state index in [-0.39, 0.29) is 12.2 Å². The van der Waals surface area contributed by atoms with E-state index in [1.54, 1.807) is 25.1 Å². The van der Waals surface area contributed by atoms with Gasteiger partial charge in [0.1, 0.15) is 5.56 Å². The van der Waals surface area contributed by atoms with Crippen molar-refractivity contribution in [2.24, 2.45) is 0 Å². The average Bonchev–Trinajstić information content (AvgIpc) is 2.47. The summed E-state index contributed by atoms with van der Waals surface area (Å²) < 4.78 is 6.23. The van der Waals surface area contributed by atoms with E-state index in [4.69, 9.17) is 4.74 Å². The van der Waals surface area contributed by atoms with Crippen LogP contribution in [0.4, 0.5) is 0 Å². The first kappa shape index (κ1) is 12.3. The van der Waals surface area contributed by atoms with Crippen LogP contribution in [0.3, 0.4) is 0 Å². The molecule has 0 bridgehead atoms. The van der Waals surface area contributed by atoms with Crippen molar-refractivity contribution in [2.45, 2.75) is 6.92 Å². The minimum Gasteiger partial charge on any atom is -0.462 e. The minimum atomic E-state index is -0.666. The standard InChI is InChI=1S/C14H11N3O3/c1-2-20-14(19)9-7-16-12-8-15-10-5-3-4-6-11(10)17(12)13(9)18/h3-8H,2H2,1H3. The number of carbonyl (C=O) groups excluding carboxylic acids is 1. The maximum absolute atomic E-state index is 12.5. The number of fused-ring (bicyclic) bond motifs is 3. The largest absolute Gasteiger partial charge is 0.462 e. The number of carbonyl (C=O) groups is 1. The molecule has 0 aliphatic heterocycles. The first-order valence-corrected chi connectivity index (χ1v) is 6.15. The van der Waals surface area contributed by atoms with E-state index in [1.807, 2.05) is 6.07 Å². The lowest BCUT2D eigenvalue weighted by Gasteiger charge is -2.06. The summed E-state index contributed by atoms with van der Waals surface area (Å²) in [4.78, 5) is 32.5. The minimum absolute atomic E-state index is 0.0827. The molecule has 6 heteroatoms. The molecule has 0 N–H and O–H groups in total. The van der Waals surface area contributed by atoms with E-state index < -0.39 is 11.5 Å². The number of rotatable bonds is 2. The highest BCUT2D eigenvalue weighted by molar-refractivity contribution is 5.89. The SMILES string of the molecule is CCOC(=O)c1cnc2cnc3ccccc3n2c1=O. The maximum Gasteiger partial charge on any atom is 0.345 e. The zero-order valence-electron chi connectivity index (χ0n) is 10.7. The van der Waals surface area contributed by atoms with Crippen LogP contribution in [0, 0.1) is 0 Å². The van der Waals surface area contributed by atoms with Crippen LogP contribution >= 0.6 is 0 Å². The number of hydrogen-bond acceptors (Lipinski definition) is 5. The predicted octanol–water partition coefficient (Wildman–Crippen LogP) is 1.42. The van der Waals surface area contributed by atoms with E-state index in [9.17, 15) is 9.59 Å². The molecule has 0 radical (unpaired) electrons. The van der Waals surface area contributed by atoms with Crippen molar-refractivity contribution in [1.82, 2.24) is 14.4 Å². The van der Waals surface area contributed by atoms with Crippen LogP contribution in [0.25, 0.3) is 16.7 Å². The number of aromatic nitrogens is 3. The maximum atomic E-state index is 12.5. The molecule has 100 valence electrons. The van der Waals surface area contributed by atoms with Gasteiger partial charge in [0.05, 0.1) is 23.8 Å². The molecule has 2 aromatic heterocycles. The summed E-state index contributed by atoms with van der Waals surface area (Å²) in [5.74, 6) is -0.666. The Labute approximate surface area is 113 Å². The summed E-state index contributed by atoms with van der Waals surface area (Å²) in [5.41, 5.74) is 1.12. The van der Waals surface area contributed by atoms with E-state index in [0.29, 0.717) is 16.7 Å². The number of benzene rings is 1. The summed E-state index contributed by atoms with van der Waals surface area (Å²) in [5, 5.41) is 0. The van der Waals surface area contributed by atoms with Crippen LogP contribution in [0.15, 0.2) is 41.5 Å². The summed E-state index contributed by atoms with van der Waals surface area (Å²) in [6.07, 6.45) is 2.73. The third-order valence-corrected chi connectivity index (χ3v) is 2.93. The fourth-order valence-electron chi connectivity index (χ4n) is 2.03. The van der Waals surface area contributed by atoms with E-state index in [1.165, 1.54) is 16.8 Å². The van der Waals surface area contributed by atoms with Crippen molar-refractivity contribution in [1.29, 1.82) is 0 Å². The number of para-hydroxylation sites is 2. The lowest BCUT2D eigenvalue weighted by Crippen LogP contribution is -2.24. The van der Waals surface area contributed by atoms with Crippen molar-refractivity contribution in [3.63, 3.8) is 0 Å². The van der Waals surface area contributed by atoms with Crippen molar-refractivity contribution >= 4 is 22.6 Å². The van der Waals surface area contributed by atoms with Gasteiger partial charge in [-0.15, -0.1) is 0 Å². The van der Waals surface area contributed by atoms with Gasteiger partial charge in [0.2, 0.25) is 0 Å². The van der Waals surface area contributed by atoms with Gasteiger partial charge in [-0.25, -0.2) is 9.78 Å². The molecule has 0 fully saturated rings. The molecule has 0 saturated carbocycles. The Morgan fingerprint density at radius 3 is 2.85 bits per heavy atom. The van der Waals surface area contributed by atoms with Gasteiger partial charge in [0.15, 0.2) is 5.65 Å². The van der Waals surface area contributed by atoms with Gasteiger partial charge in [-0.2, -0.15) is 0 Å². The van der Waals surface area contributed by atoms with Gasteiger partial charge in [-0.3, -0.25) is 14.2 Å². The third kappa shape index (κ3) is 1.82. The van der Waals surface area contributed by atoms with E-state index in [2.05, 4.69) is 9.97 Å². The Kier molecular flexibility index (Phi) is 2.90. The topological polar surface area (TPSA) is 73.6 Å². The fourth-order valence-corrected chi connectivity index (χ4v) is 2.03. The summed E-state index contributed by atoms with van der Waals surface area (Å²) in [7, 11) is 0. The number of hydrogen-bond donors (Lipinski definition) is 0. The Hall–Kier alpha value is -2.76. The fraction of sp³-hybridized carbons (Fsp3) is 0.143. The second kappa shape index (κ2) is 4.73. The molecule has 0 amide bonds. The second-order valence-electron chi connectivity index (χ2n) is 4.14. The highest BCUT2D eigenvalue weighted by atomic mass is 16.5. The van der Waals surface area contributed by atoms with Crippen LogP contribution in [0.2, 0.25) is 0 Å². The number of ether oxygens (including phenoxy) is 1. The lowest BCUT2D eigenvalue weighted by atomic mass is 10.3. The number of esters is 1. The molecule has 0 unspecified atom stereocenters. The van der Waals surface area contributed by atoms with Gasteiger partial charge < -0.3 is 4.74 Å². The van der Waals surface area contributed by atoms with E-state index in [0.717, 1.165) is 0 Å². The molecule has 0 aliphatic carbocycles. The Balaban J connectivity index is 2.38. The first-order valence-electron chi connectivity index (χ1n) is 6.15. The quantitative estimate of drug-likeness (QED) is 0.519. The number of nitrogens with zero attached hydrogens (tertiary/aromatic N) is 3. The molecule has 1 aromatic carbocycles. The van der Waals surface area contributed by atoms with Crippen molar-refractivity contribution < 1.29 is 9.53 Å². The molecule has 0 atom stereocenters. The van der Waals surface area contributed by atoms with Gasteiger partial charge in [-0.1, -0.05) is 12.1 Å². The van der Waals surface area contributed by atoms with Gasteiger partial charge in [0, 0.05) is 6.20 Å². The molecule has 6 nitrogen and oxygen atoms in total. The molecule has 2 heterocycles. The van der Waals surface area contributed by atoms with Crippen LogP contribution in [0.5, 0.6) is 0 Å². The lowest BCUT2D eigenvalue weighted by molar-refractivity contribution is 0.0523. The molecule has 20 heavy (non-hydrogen) atoms. The molecule has 0 spiro atoms. The van der Waals surface area contributed by atoms with Crippen LogP contribution < -0.4 is 5.56 Å². The molecular formula is C14H11N3O3. The van der Waals surface area contributed by atoms with Gasteiger partial charge >= 0.3 is 5.97 Å². The zero-order valence-corrected chi connectivity index (χ0v) is 10.7. The van der Waals surface area contributed by atoms with Crippen LogP contribution in [-0.2, 0) is 4.74 Å². The Morgan fingerprint density at radius 2 is 2.05 bits per heavy atom. The van der Waals surface area contributed by atoms with Crippen LogP contribution in [0.1, 0.15) is 17.3 Å². The Bertz CT molecular complexity index is 870. The van der Waals surface area contributed by atoms with Crippen molar-refractivity contribution in [2.75, 3.05) is 6.61 Å². The third-order valence-electron chi connectivity index (χ3n) is 2.93. The molecule has 0 saturated heterocycles. The van der Waals surface area contributed by atoms with Crippen LogP contribution in [-0.4, -0.2) is 26.9 Å². The summed E-state index contributed by atoms with van der Waals surface area (Å²) in [6, 6.07) is 7.17. The van der Waals surface area contributed by atoms with Crippen molar-refractivity contribution in [3.8, 4) is 0 Å². The molecule has 3 aromatic rings. The highest BCUT2D eigenvalue weighted by Crippen LogP contribution is 2.11. The van der Waals surface area contributed by atoms with E-state index >= 15 is 0 Å².